The molecule has 7 heteroatoms. The molecule has 2 heterocycles. The number of aromatic nitrogens is 4. The van der Waals surface area contributed by atoms with Crippen LogP contribution in [0.5, 0.6) is 0 Å². The summed E-state index contributed by atoms with van der Waals surface area (Å²) in [5.74, 6) is 1.57. The van der Waals surface area contributed by atoms with Crippen molar-refractivity contribution >= 4 is 22.8 Å². The van der Waals surface area contributed by atoms with E-state index in [0.717, 1.165) is 46.0 Å². The number of nitrogens with one attached hydrogen (secondary N) is 2. The number of anilines is 1. The predicted octanol–water partition coefficient (Wildman–Crippen LogP) is 2.93. The van der Waals surface area contributed by atoms with Gasteiger partial charge in [0.05, 0.1) is 16.8 Å². The van der Waals surface area contributed by atoms with Crippen molar-refractivity contribution in [2.24, 2.45) is 0 Å². The average molecular weight is 366 g/mol. The van der Waals surface area contributed by atoms with Crippen LogP contribution in [0, 0.1) is 13.8 Å². The number of nitrogens with zero attached hydrogens (tertiary/aromatic N) is 4. The molecule has 0 unspecified atom stereocenters. The van der Waals surface area contributed by atoms with Gasteiger partial charge in [-0.1, -0.05) is 32.0 Å². The van der Waals surface area contributed by atoms with Crippen LogP contribution in [-0.4, -0.2) is 38.7 Å². The van der Waals surface area contributed by atoms with E-state index in [9.17, 15) is 4.79 Å². The van der Waals surface area contributed by atoms with Crippen molar-refractivity contribution < 1.29 is 4.79 Å². The summed E-state index contributed by atoms with van der Waals surface area (Å²) in [6, 6.07) is 8.13. The summed E-state index contributed by atoms with van der Waals surface area (Å²) in [4.78, 5) is 20.8. The second kappa shape index (κ2) is 8.16. The van der Waals surface area contributed by atoms with E-state index in [-0.39, 0.29) is 5.91 Å². The first-order valence-electron chi connectivity index (χ1n) is 9.38. The van der Waals surface area contributed by atoms with E-state index < -0.39 is 0 Å². The summed E-state index contributed by atoms with van der Waals surface area (Å²) < 4.78 is 1.89. The summed E-state index contributed by atoms with van der Waals surface area (Å²) in [5.41, 5.74) is 3.82. The Morgan fingerprint density at radius 1 is 1.11 bits per heavy atom. The van der Waals surface area contributed by atoms with Crippen LogP contribution in [0.2, 0.25) is 0 Å². The van der Waals surface area contributed by atoms with Gasteiger partial charge in [0.25, 0.3) is 0 Å². The molecule has 0 saturated heterocycles. The normalized spacial score (nSPS) is 11.0. The number of amides is 1. The van der Waals surface area contributed by atoms with Gasteiger partial charge in [-0.2, -0.15) is 5.10 Å². The van der Waals surface area contributed by atoms with Crippen LogP contribution in [0.1, 0.15) is 37.4 Å². The van der Waals surface area contributed by atoms with Crippen LogP contribution < -0.4 is 10.6 Å². The number of carbonyl (C=O) groups is 1. The van der Waals surface area contributed by atoms with Gasteiger partial charge in [0.15, 0.2) is 5.65 Å². The highest BCUT2D eigenvalue weighted by atomic mass is 16.1. The Morgan fingerprint density at radius 2 is 1.89 bits per heavy atom. The van der Waals surface area contributed by atoms with Gasteiger partial charge in [0.2, 0.25) is 5.91 Å². The van der Waals surface area contributed by atoms with Gasteiger partial charge in [0.1, 0.15) is 11.6 Å². The number of hydrogen-bond acceptors (Lipinski definition) is 5. The zero-order valence-corrected chi connectivity index (χ0v) is 16.3. The third-order valence-corrected chi connectivity index (χ3v) is 4.47. The molecule has 27 heavy (non-hydrogen) atoms. The fourth-order valence-corrected chi connectivity index (χ4v) is 2.99. The minimum absolute atomic E-state index is 0.0439. The third-order valence-electron chi connectivity index (χ3n) is 4.47. The van der Waals surface area contributed by atoms with Gasteiger partial charge in [-0.25, -0.2) is 14.6 Å². The van der Waals surface area contributed by atoms with E-state index in [1.807, 2.05) is 43.7 Å². The lowest BCUT2D eigenvalue weighted by molar-refractivity contribution is -0.120. The van der Waals surface area contributed by atoms with Gasteiger partial charge < -0.3 is 10.6 Å². The topological polar surface area (TPSA) is 84.7 Å². The Kier molecular flexibility index (Phi) is 5.69. The summed E-state index contributed by atoms with van der Waals surface area (Å²) in [6.07, 6.45) is 1.22. The van der Waals surface area contributed by atoms with Crippen molar-refractivity contribution in [2.45, 2.75) is 40.5 Å². The monoisotopic (exact) mass is 366 g/mol. The molecule has 0 aliphatic carbocycles. The number of aryl methyl sites for hydroxylation is 3. The fourth-order valence-electron chi connectivity index (χ4n) is 2.99. The number of rotatable bonds is 7. The summed E-state index contributed by atoms with van der Waals surface area (Å²) in [5, 5.41) is 11.9. The maximum atomic E-state index is 11.4. The Balaban J connectivity index is 2.00. The third kappa shape index (κ3) is 3.92. The number of hydrogen-bond donors (Lipinski definition) is 2. The summed E-state index contributed by atoms with van der Waals surface area (Å²) in [6.45, 7) is 9.05. The molecule has 0 saturated carbocycles. The van der Waals surface area contributed by atoms with Crippen LogP contribution >= 0.6 is 0 Å². The molecule has 0 aliphatic rings. The Hall–Kier alpha value is -2.96. The number of carbonyl (C=O) groups excluding carboxylic acids is 1. The second-order valence-corrected chi connectivity index (χ2v) is 6.45. The minimum atomic E-state index is 0.0439. The number of fused-ring (bicyclic) bond motifs is 1. The molecule has 0 atom stereocenters. The highest BCUT2D eigenvalue weighted by molar-refractivity contribution is 5.90. The zero-order chi connectivity index (χ0) is 19.4. The van der Waals surface area contributed by atoms with E-state index in [4.69, 9.17) is 10.1 Å². The molecule has 2 aromatic heterocycles. The van der Waals surface area contributed by atoms with Gasteiger partial charge >= 0.3 is 0 Å². The molecule has 1 amide bonds. The molecule has 0 bridgehead atoms. The fraction of sp³-hybridized carbons (Fsp3) is 0.400. The quantitative estimate of drug-likeness (QED) is 0.628. The first-order valence-corrected chi connectivity index (χ1v) is 9.38. The van der Waals surface area contributed by atoms with Crippen molar-refractivity contribution in [3.05, 3.63) is 41.3 Å². The van der Waals surface area contributed by atoms with Crippen molar-refractivity contribution in [3.8, 4) is 5.69 Å². The molecular weight excluding hydrogens is 340 g/mol. The lowest BCUT2D eigenvalue weighted by Crippen LogP contribution is -2.28. The van der Waals surface area contributed by atoms with Crippen molar-refractivity contribution in [1.82, 2.24) is 25.1 Å². The van der Waals surface area contributed by atoms with Gasteiger partial charge in [0, 0.05) is 25.9 Å². The molecule has 2 N–H and O–H groups in total. The van der Waals surface area contributed by atoms with Crippen molar-refractivity contribution in [1.29, 1.82) is 0 Å². The SMILES string of the molecule is CCC(=O)NCCNc1nc(CC)nc2c1c(C)nn2-c1ccccc1C. The molecule has 0 spiro atoms. The summed E-state index contributed by atoms with van der Waals surface area (Å²) >= 11 is 0. The van der Waals surface area contributed by atoms with Crippen molar-refractivity contribution in [3.63, 3.8) is 0 Å². The zero-order valence-electron chi connectivity index (χ0n) is 16.3. The predicted molar refractivity (Wildman–Crippen MR) is 107 cm³/mol. The van der Waals surface area contributed by atoms with E-state index in [1.165, 1.54) is 0 Å². The lowest BCUT2D eigenvalue weighted by atomic mass is 10.2. The van der Waals surface area contributed by atoms with Gasteiger partial charge in [-0.3, -0.25) is 4.79 Å². The van der Waals surface area contributed by atoms with Crippen LogP contribution in [0.25, 0.3) is 16.7 Å². The van der Waals surface area contributed by atoms with Crippen LogP contribution in [-0.2, 0) is 11.2 Å². The smallest absolute Gasteiger partial charge is 0.219 e. The van der Waals surface area contributed by atoms with E-state index in [0.29, 0.717) is 19.5 Å². The van der Waals surface area contributed by atoms with E-state index >= 15 is 0 Å². The highest BCUT2D eigenvalue weighted by Gasteiger charge is 2.17. The highest BCUT2D eigenvalue weighted by Crippen LogP contribution is 2.27. The second-order valence-electron chi connectivity index (χ2n) is 6.45. The molecule has 7 nitrogen and oxygen atoms in total. The first-order chi connectivity index (χ1) is 13.0. The molecule has 3 rings (SSSR count). The number of para-hydroxylation sites is 1. The first kappa shape index (κ1) is 18.8. The van der Waals surface area contributed by atoms with Gasteiger partial charge in [-0.05, 0) is 25.5 Å². The lowest BCUT2D eigenvalue weighted by Gasteiger charge is -2.11. The largest absolute Gasteiger partial charge is 0.368 e. The molecule has 0 aliphatic heterocycles. The van der Waals surface area contributed by atoms with Crippen LogP contribution in [0.3, 0.4) is 0 Å². The molecule has 1 aromatic carbocycles. The molecular formula is C20H26N6O. The molecule has 0 radical (unpaired) electrons. The van der Waals surface area contributed by atoms with Crippen molar-refractivity contribution in [2.75, 3.05) is 18.4 Å². The Bertz CT molecular complexity index is 963. The summed E-state index contributed by atoms with van der Waals surface area (Å²) in [7, 11) is 0. The Morgan fingerprint density at radius 3 is 2.59 bits per heavy atom. The maximum absolute atomic E-state index is 11.4. The van der Waals surface area contributed by atoms with Crippen LogP contribution in [0.4, 0.5) is 5.82 Å². The molecule has 3 aromatic rings. The Labute approximate surface area is 159 Å². The molecule has 0 fully saturated rings. The number of benzene rings is 1. The van der Waals surface area contributed by atoms with E-state index in [1.54, 1.807) is 0 Å². The standard InChI is InChI=1S/C20H26N6O/c1-5-16-23-19(22-12-11-21-17(27)6-2)18-14(4)25-26(20(18)24-16)15-10-8-7-9-13(15)3/h7-10H,5-6,11-12H2,1-4H3,(H,21,27)(H,22,23,24). The molecule has 142 valence electrons. The minimum Gasteiger partial charge on any atom is -0.368 e. The van der Waals surface area contributed by atoms with Crippen LogP contribution in [0.15, 0.2) is 24.3 Å². The average Bonchev–Trinajstić information content (AvgIpc) is 3.01. The maximum Gasteiger partial charge on any atom is 0.219 e. The van der Waals surface area contributed by atoms with E-state index in [2.05, 4.69) is 28.6 Å². The van der Waals surface area contributed by atoms with Gasteiger partial charge in [-0.15, -0.1) is 0 Å².